The van der Waals surface area contributed by atoms with Crippen molar-refractivity contribution in [2.45, 2.75) is 64.8 Å². The summed E-state index contributed by atoms with van der Waals surface area (Å²) in [6, 6.07) is 0.680. The average molecular weight is 342 g/mol. The van der Waals surface area contributed by atoms with Gasteiger partial charge in [0.25, 0.3) is 0 Å². The number of aryl methyl sites for hydroxylation is 2. The minimum absolute atomic E-state index is 0.680. The molecule has 1 fully saturated rings. The van der Waals surface area contributed by atoms with Gasteiger partial charge in [-0.2, -0.15) is 5.10 Å². The molecule has 2 rings (SSSR count). The normalized spacial score (nSPS) is 17.8. The summed E-state index contributed by atoms with van der Waals surface area (Å²) >= 11 is 3.68. The summed E-state index contributed by atoms with van der Waals surface area (Å²) in [5.41, 5.74) is 2.44. The molecule has 3 nitrogen and oxygen atoms in total. The van der Waals surface area contributed by atoms with Crippen LogP contribution in [0.3, 0.4) is 0 Å². The van der Waals surface area contributed by atoms with E-state index in [0.717, 1.165) is 24.6 Å². The van der Waals surface area contributed by atoms with Crippen LogP contribution in [0.15, 0.2) is 4.47 Å². The summed E-state index contributed by atoms with van der Waals surface area (Å²) in [7, 11) is 2.05. The lowest BCUT2D eigenvalue weighted by Gasteiger charge is -2.25. The van der Waals surface area contributed by atoms with Gasteiger partial charge < -0.3 is 5.32 Å². The van der Waals surface area contributed by atoms with Gasteiger partial charge in [-0.3, -0.25) is 4.68 Å². The molecule has 0 aromatic carbocycles. The van der Waals surface area contributed by atoms with Crippen LogP contribution in [0.1, 0.15) is 56.8 Å². The third-order valence-electron chi connectivity index (χ3n) is 4.58. The molecule has 0 saturated heterocycles. The predicted octanol–water partition coefficient (Wildman–Crippen LogP) is 3.98. The fourth-order valence-corrected chi connectivity index (χ4v) is 3.97. The first-order valence-electron chi connectivity index (χ1n) is 8.04. The zero-order valence-electron chi connectivity index (χ0n) is 13.1. The highest BCUT2D eigenvalue weighted by molar-refractivity contribution is 9.10. The van der Waals surface area contributed by atoms with E-state index >= 15 is 0 Å². The highest BCUT2D eigenvalue weighted by Gasteiger charge is 2.25. The molecular formula is C16H28BrN3. The van der Waals surface area contributed by atoms with Gasteiger partial charge in [-0.15, -0.1) is 0 Å². The van der Waals surface area contributed by atoms with Gasteiger partial charge in [0.05, 0.1) is 15.9 Å². The second-order valence-corrected chi connectivity index (χ2v) is 6.91. The van der Waals surface area contributed by atoms with Gasteiger partial charge in [-0.1, -0.05) is 19.8 Å². The van der Waals surface area contributed by atoms with E-state index in [2.05, 4.69) is 47.2 Å². The lowest BCUT2D eigenvalue weighted by Crippen LogP contribution is -2.36. The van der Waals surface area contributed by atoms with Crippen LogP contribution < -0.4 is 5.32 Å². The van der Waals surface area contributed by atoms with Crippen LogP contribution in [0.2, 0.25) is 0 Å². The minimum Gasteiger partial charge on any atom is -0.314 e. The molecule has 20 heavy (non-hydrogen) atoms. The largest absolute Gasteiger partial charge is 0.314 e. The van der Waals surface area contributed by atoms with Crippen molar-refractivity contribution in [3.05, 3.63) is 15.9 Å². The number of hydrogen-bond acceptors (Lipinski definition) is 2. The number of aromatic nitrogens is 2. The maximum Gasteiger partial charge on any atom is 0.0738 e. The molecule has 1 atom stereocenters. The van der Waals surface area contributed by atoms with E-state index in [0.29, 0.717) is 6.04 Å². The van der Waals surface area contributed by atoms with Crippen LogP contribution in [0.5, 0.6) is 0 Å². The zero-order chi connectivity index (χ0) is 14.5. The van der Waals surface area contributed by atoms with Crippen molar-refractivity contribution in [1.82, 2.24) is 15.1 Å². The first-order chi connectivity index (χ1) is 9.63. The van der Waals surface area contributed by atoms with Crippen LogP contribution in [-0.2, 0) is 13.5 Å². The molecule has 1 N–H and O–H groups in total. The Labute approximate surface area is 131 Å². The fraction of sp³-hybridized carbons (Fsp3) is 0.812. The Balaban J connectivity index is 1.96. The molecule has 1 unspecified atom stereocenters. The molecular weight excluding hydrogens is 314 g/mol. The van der Waals surface area contributed by atoms with Crippen molar-refractivity contribution in [2.75, 3.05) is 6.54 Å². The second kappa shape index (κ2) is 7.60. The first-order valence-corrected chi connectivity index (χ1v) is 8.84. The number of rotatable bonds is 7. The molecule has 0 aliphatic heterocycles. The molecule has 4 heteroatoms. The third kappa shape index (κ3) is 3.85. The quantitative estimate of drug-likeness (QED) is 0.812. The molecule has 1 saturated carbocycles. The van der Waals surface area contributed by atoms with E-state index in [1.54, 1.807) is 0 Å². The number of hydrogen-bond donors (Lipinski definition) is 1. The van der Waals surface area contributed by atoms with Crippen LogP contribution in [0.25, 0.3) is 0 Å². The Kier molecular flexibility index (Phi) is 6.09. The lowest BCUT2D eigenvalue weighted by atomic mass is 9.93. The second-order valence-electron chi connectivity index (χ2n) is 6.11. The summed E-state index contributed by atoms with van der Waals surface area (Å²) in [5, 5.41) is 8.28. The van der Waals surface area contributed by atoms with Gasteiger partial charge in [0, 0.05) is 13.1 Å². The summed E-state index contributed by atoms with van der Waals surface area (Å²) in [6.07, 6.45) is 9.21. The van der Waals surface area contributed by atoms with Gasteiger partial charge >= 0.3 is 0 Å². The van der Waals surface area contributed by atoms with E-state index in [1.807, 2.05) is 4.68 Å². The Hall–Kier alpha value is -0.350. The standard InChI is InChI=1S/C16H28BrN3/c1-4-11-18-14(13-7-5-6-8-13)9-10-15-16(17)12(2)19-20(15)3/h13-14,18H,4-11H2,1-3H3. The van der Waals surface area contributed by atoms with Crippen molar-refractivity contribution in [3.63, 3.8) is 0 Å². The van der Waals surface area contributed by atoms with E-state index in [9.17, 15) is 0 Å². The van der Waals surface area contributed by atoms with Gasteiger partial charge in [0.1, 0.15) is 0 Å². The molecule has 114 valence electrons. The molecule has 0 amide bonds. The smallest absolute Gasteiger partial charge is 0.0738 e. The molecule has 1 aliphatic rings. The topological polar surface area (TPSA) is 29.9 Å². The number of nitrogens with one attached hydrogen (secondary N) is 1. The average Bonchev–Trinajstić information content (AvgIpc) is 3.02. The SMILES string of the molecule is CCCNC(CCc1c(Br)c(C)nn1C)C1CCCC1. The Morgan fingerprint density at radius 3 is 2.65 bits per heavy atom. The third-order valence-corrected chi connectivity index (χ3v) is 5.61. The van der Waals surface area contributed by atoms with Crippen molar-refractivity contribution in [2.24, 2.45) is 13.0 Å². The first kappa shape index (κ1) is 16.0. The Bertz CT molecular complexity index is 422. The number of nitrogens with zero attached hydrogens (tertiary/aromatic N) is 2. The summed E-state index contributed by atoms with van der Waals surface area (Å²) < 4.78 is 3.23. The van der Waals surface area contributed by atoms with Crippen LogP contribution >= 0.6 is 15.9 Å². The van der Waals surface area contributed by atoms with Crippen LogP contribution in [0, 0.1) is 12.8 Å². The Morgan fingerprint density at radius 2 is 2.10 bits per heavy atom. The summed E-state index contributed by atoms with van der Waals surface area (Å²) in [4.78, 5) is 0. The van der Waals surface area contributed by atoms with Crippen molar-refractivity contribution < 1.29 is 0 Å². The van der Waals surface area contributed by atoms with E-state index in [-0.39, 0.29) is 0 Å². The summed E-state index contributed by atoms with van der Waals surface area (Å²) in [5.74, 6) is 0.884. The van der Waals surface area contributed by atoms with Gasteiger partial charge in [0.2, 0.25) is 0 Å². The molecule has 1 aromatic heterocycles. The highest BCUT2D eigenvalue weighted by atomic mass is 79.9. The van der Waals surface area contributed by atoms with Gasteiger partial charge in [0.15, 0.2) is 0 Å². The minimum atomic E-state index is 0.680. The molecule has 0 bridgehead atoms. The Morgan fingerprint density at radius 1 is 1.40 bits per heavy atom. The molecule has 1 heterocycles. The maximum absolute atomic E-state index is 4.50. The summed E-state index contributed by atoms with van der Waals surface area (Å²) in [6.45, 7) is 5.46. The van der Waals surface area contributed by atoms with Gasteiger partial charge in [-0.05, 0) is 67.4 Å². The molecule has 1 aromatic rings. The van der Waals surface area contributed by atoms with Crippen molar-refractivity contribution in [3.8, 4) is 0 Å². The monoisotopic (exact) mass is 341 g/mol. The van der Waals surface area contributed by atoms with E-state index in [4.69, 9.17) is 0 Å². The van der Waals surface area contributed by atoms with Crippen molar-refractivity contribution >= 4 is 15.9 Å². The van der Waals surface area contributed by atoms with Crippen LogP contribution in [0.4, 0.5) is 0 Å². The fourth-order valence-electron chi connectivity index (χ4n) is 3.44. The number of halogens is 1. The lowest BCUT2D eigenvalue weighted by molar-refractivity contribution is 0.338. The van der Waals surface area contributed by atoms with Crippen molar-refractivity contribution in [1.29, 1.82) is 0 Å². The van der Waals surface area contributed by atoms with E-state index < -0.39 is 0 Å². The maximum atomic E-state index is 4.50. The molecule has 1 aliphatic carbocycles. The zero-order valence-corrected chi connectivity index (χ0v) is 14.7. The molecule has 0 spiro atoms. The van der Waals surface area contributed by atoms with Gasteiger partial charge in [-0.25, -0.2) is 0 Å². The van der Waals surface area contributed by atoms with E-state index in [1.165, 1.54) is 48.7 Å². The highest BCUT2D eigenvalue weighted by Crippen LogP contribution is 2.30. The molecule has 0 radical (unpaired) electrons. The van der Waals surface area contributed by atoms with Crippen LogP contribution in [-0.4, -0.2) is 22.4 Å². The predicted molar refractivity (Wildman–Crippen MR) is 88.0 cm³/mol.